The Morgan fingerprint density at radius 1 is 0.352 bits per heavy atom. The topological polar surface area (TPSA) is 36.1 Å². The van der Waals surface area contributed by atoms with Crippen LogP contribution in [0.4, 0.5) is 34.1 Å². The van der Waals surface area contributed by atoms with Gasteiger partial charge in [0.15, 0.2) is 5.78 Å². The Morgan fingerprint density at radius 2 is 0.676 bits per heavy atom. The summed E-state index contributed by atoms with van der Waals surface area (Å²) in [6.07, 6.45) is 0.634. The van der Waals surface area contributed by atoms with E-state index in [1.165, 1.54) is 44.8 Å². The summed E-state index contributed by atoms with van der Waals surface area (Å²) in [4.78, 5) is 17.9. The second-order valence-electron chi connectivity index (χ2n) is 17.5. The number of carbonyl (C=O) groups excluding carboxylic acids is 1. The van der Waals surface area contributed by atoms with Gasteiger partial charge in [-0.15, -0.1) is 0 Å². The van der Waals surface area contributed by atoms with Gasteiger partial charge in [-0.05, 0) is 117 Å². The third-order valence-electron chi connectivity index (χ3n) is 13.3. The minimum Gasteiger partial charge on any atom is -1.00 e. The van der Waals surface area contributed by atoms with Gasteiger partial charge in [-0.25, -0.2) is 0 Å². The van der Waals surface area contributed by atoms with Crippen molar-refractivity contribution in [2.75, 3.05) is 9.80 Å². The summed E-state index contributed by atoms with van der Waals surface area (Å²) in [7, 11) is 0. The van der Waals surface area contributed by atoms with Gasteiger partial charge in [0.05, 0.1) is 17.1 Å². The fraction of sp³-hybridized carbons (Fsp3) is 0.0615. The van der Waals surface area contributed by atoms with E-state index in [0.717, 1.165) is 56.1 Å². The van der Waals surface area contributed by atoms with Crippen LogP contribution in [0.1, 0.15) is 46.7 Å². The van der Waals surface area contributed by atoms with Crippen molar-refractivity contribution in [1.82, 2.24) is 0 Å². The van der Waals surface area contributed by atoms with E-state index >= 15 is 0 Å². The summed E-state index contributed by atoms with van der Waals surface area (Å²) >= 11 is 0. The first-order valence-corrected chi connectivity index (χ1v) is 23.3. The van der Waals surface area contributed by atoms with Crippen LogP contribution in [-0.4, -0.2) is 5.78 Å². The van der Waals surface area contributed by atoms with E-state index in [0.29, 0.717) is 6.42 Å². The quantitative estimate of drug-likeness (QED) is 0.0945. The smallest absolute Gasteiger partial charge is 1.00 e. The number of nitrogens with zero attached hydrogens (tertiary/aromatic N) is 2. The Morgan fingerprint density at radius 3 is 1.10 bits per heavy atom. The maximum absolute atomic E-state index is 13.2. The molecule has 3 aliphatic rings. The number of hydrogen-bond acceptors (Lipinski definition) is 4. The van der Waals surface area contributed by atoms with Crippen molar-refractivity contribution in [3.8, 4) is 44.5 Å². The van der Waals surface area contributed by atoms with E-state index in [1.807, 2.05) is 48.5 Å². The number of ketones is 1. The molecule has 10 aromatic carbocycles. The Labute approximate surface area is 446 Å². The van der Waals surface area contributed by atoms with Crippen molar-refractivity contribution >= 4 is 39.9 Å². The van der Waals surface area contributed by atoms with Crippen LogP contribution in [0, 0.1) is 0 Å². The van der Waals surface area contributed by atoms with E-state index in [2.05, 4.69) is 216 Å². The van der Waals surface area contributed by atoms with Gasteiger partial charge >= 0.3 is 18.9 Å². The average molecular weight is 1020 g/mol. The molecule has 0 spiro atoms. The Kier molecular flexibility index (Phi) is 14.7. The van der Waals surface area contributed by atoms with Crippen LogP contribution in [0.2, 0.25) is 0 Å². The molecule has 1 saturated heterocycles. The van der Waals surface area contributed by atoms with Gasteiger partial charge < -0.3 is 38.5 Å². The number of halogens is 1. The molecule has 0 saturated carbocycles. The van der Waals surface area contributed by atoms with Crippen LogP contribution in [0.3, 0.4) is 0 Å². The first-order valence-electron chi connectivity index (χ1n) is 23.3. The zero-order chi connectivity index (χ0) is 45.4. The van der Waals surface area contributed by atoms with Crippen molar-refractivity contribution in [2.45, 2.75) is 26.1 Å². The van der Waals surface area contributed by atoms with Crippen LogP contribution in [0.5, 0.6) is 0 Å². The minimum absolute atomic E-state index is 0. The molecule has 10 aromatic rings. The summed E-state index contributed by atoms with van der Waals surface area (Å²) in [6, 6.07) is 89.3. The van der Waals surface area contributed by atoms with Crippen LogP contribution < -0.4 is 52.6 Å². The largest absolute Gasteiger partial charge is 1.00 e. The van der Waals surface area contributed by atoms with E-state index in [4.69, 9.17) is 4.74 Å². The fourth-order valence-electron chi connectivity index (χ4n) is 9.99. The normalized spacial score (nSPS) is 14.6. The van der Waals surface area contributed by atoms with Gasteiger partial charge in [0.25, 0.3) is 0 Å². The number of para-hydroxylation sites is 4. The van der Waals surface area contributed by atoms with Crippen molar-refractivity contribution in [2.24, 2.45) is 0 Å². The summed E-state index contributed by atoms with van der Waals surface area (Å²) in [5.41, 5.74) is 20.2. The predicted octanol–water partition coefficient (Wildman–Crippen LogP) is 11.5. The molecule has 1 fully saturated rings. The Bertz CT molecular complexity index is 3290. The zero-order valence-corrected chi connectivity index (χ0v) is 40.9. The monoisotopic (exact) mass is 1020 g/mol. The maximum atomic E-state index is 13.2. The standard InChI is InChI=1S/2C32H23NO.CH4.HI.Li/c1-3-11-22(12-4-1)24-19-25(23-13-5-2-6-14-23)21-26(20-24)33-29-17-9-7-15-27(29)31-32(34-31)28-16-8-10-18-30(28)33;34-32-22-25-15-7-9-17-30(25)33(31-18-10-8-16-29(31)32)28-20-26(23-11-3-1-4-12-23)19-27(21-28)24-13-5-2-6-14-24;;;/h1-21,31-32H;1-21H,22H2;1H4;1H;/q;;;;+1/p-1. The van der Waals surface area contributed by atoms with Gasteiger partial charge in [-0.2, -0.15) is 0 Å². The number of Topliss-reactive ketones (excluding diaryl/α,β-unsaturated/α-hetero) is 1. The van der Waals surface area contributed by atoms with Crippen molar-refractivity contribution in [1.29, 1.82) is 0 Å². The third-order valence-corrected chi connectivity index (χ3v) is 13.3. The predicted molar refractivity (Wildman–Crippen MR) is 285 cm³/mol. The van der Waals surface area contributed by atoms with Crippen LogP contribution >= 0.6 is 0 Å². The van der Waals surface area contributed by atoms with Crippen LogP contribution in [0.15, 0.2) is 255 Å². The first kappa shape index (κ1) is 48.8. The molecule has 3 aliphatic heterocycles. The molecule has 6 heteroatoms. The van der Waals surface area contributed by atoms with E-state index in [-0.39, 0.29) is 68.3 Å². The maximum Gasteiger partial charge on any atom is 1.00 e. The molecular weight excluding hydrogens is 975 g/mol. The molecule has 0 N–H and O–H groups in total. The summed E-state index contributed by atoms with van der Waals surface area (Å²) in [6.45, 7) is 0. The van der Waals surface area contributed by atoms with Gasteiger partial charge in [0.1, 0.15) is 12.2 Å². The number of hydrogen-bond donors (Lipinski definition) is 0. The molecule has 0 amide bonds. The molecule has 2 unspecified atom stereocenters. The van der Waals surface area contributed by atoms with E-state index in [1.54, 1.807) is 0 Å². The van der Waals surface area contributed by atoms with Gasteiger partial charge in [0.2, 0.25) is 0 Å². The van der Waals surface area contributed by atoms with Crippen molar-refractivity contribution < 1.29 is 52.4 Å². The molecule has 71 heavy (non-hydrogen) atoms. The number of fused-ring (bicyclic) bond motifs is 7. The van der Waals surface area contributed by atoms with Crippen molar-refractivity contribution in [3.63, 3.8) is 0 Å². The fourth-order valence-corrected chi connectivity index (χ4v) is 9.99. The molecule has 13 rings (SSSR count). The summed E-state index contributed by atoms with van der Waals surface area (Å²) < 4.78 is 6.15. The van der Waals surface area contributed by atoms with E-state index < -0.39 is 0 Å². The van der Waals surface area contributed by atoms with Crippen molar-refractivity contribution in [3.05, 3.63) is 277 Å². The molecule has 0 aliphatic carbocycles. The number of anilines is 6. The number of ether oxygens (including phenoxy) is 1. The summed E-state index contributed by atoms with van der Waals surface area (Å²) in [5.74, 6) is 0.146. The Hall–Kier alpha value is -7.24. The molecule has 2 atom stereocenters. The number of epoxide rings is 1. The SMILES string of the molecule is C.O=C1Cc2ccccc2N(c2cc(-c3ccccc3)cc(-c3ccccc3)c2)c2ccccc21.[I-].[Li+].c1ccc(-c2cc(-c3ccccc3)cc(N3c4ccccc4C4OC4c4ccccc43)c2)cc1. The molecule has 4 nitrogen and oxygen atoms in total. The molecule has 0 aromatic heterocycles. The van der Waals surface area contributed by atoms with E-state index in [9.17, 15) is 4.79 Å². The molecule has 340 valence electrons. The van der Waals surface area contributed by atoms with Gasteiger partial charge in [-0.3, -0.25) is 4.79 Å². The second kappa shape index (κ2) is 21.4. The van der Waals surface area contributed by atoms with Crippen LogP contribution in [0.25, 0.3) is 44.5 Å². The average Bonchev–Trinajstić information content (AvgIpc) is 4.24. The first-order chi connectivity index (χ1) is 33.6. The van der Waals surface area contributed by atoms with Gasteiger partial charge in [0, 0.05) is 40.2 Å². The number of carbonyl (C=O) groups is 1. The third kappa shape index (κ3) is 9.67. The molecule has 0 bridgehead atoms. The molecule has 0 radical (unpaired) electrons. The van der Waals surface area contributed by atoms with Gasteiger partial charge in [-0.1, -0.05) is 195 Å². The number of rotatable bonds is 6. The van der Waals surface area contributed by atoms with Crippen LogP contribution in [-0.2, 0) is 11.2 Å². The molecule has 3 heterocycles. The molecular formula is C65H50ILiN2O2. The second-order valence-corrected chi connectivity index (χ2v) is 17.5. The summed E-state index contributed by atoms with van der Waals surface area (Å²) in [5, 5.41) is 0. The zero-order valence-electron chi connectivity index (χ0n) is 38.7. The minimum atomic E-state index is 0. The number of benzene rings is 10. The Balaban J connectivity index is 0.000000169.